The van der Waals surface area contributed by atoms with Crippen LogP contribution in [0.5, 0.6) is 0 Å². The van der Waals surface area contributed by atoms with E-state index in [4.69, 9.17) is 0 Å². The Morgan fingerprint density at radius 3 is 2.37 bits per heavy atom. The average molecular weight is 397 g/mol. The highest BCUT2D eigenvalue weighted by Gasteiger charge is 2.17. The first-order chi connectivity index (χ1) is 12.8. The minimum Gasteiger partial charge on any atom is -0.356 e. The van der Waals surface area contributed by atoms with E-state index in [2.05, 4.69) is 24.9 Å². The molecule has 2 aromatic rings. The standard InChI is InChI=1S/C17H21F2N5O2S/c1-12-8-16(24-6-2-3-7-24)23-17(22-12)20-4-5-21-27(25,26)15-10-13(18)9-14(19)11-15/h8-11,21H,2-7H2,1H3,(H,20,22,23). The van der Waals surface area contributed by atoms with Crippen LogP contribution in [0.15, 0.2) is 29.2 Å². The highest BCUT2D eigenvalue weighted by atomic mass is 32.2. The number of rotatable bonds is 7. The number of anilines is 2. The molecule has 3 rings (SSSR count). The molecule has 1 aliphatic rings. The monoisotopic (exact) mass is 397 g/mol. The van der Waals surface area contributed by atoms with Gasteiger partial charge >= 0.3 is 0 Å². The lowest BCUT2D eigenvalue weighted by Crippen LogP contribution is -2.29. The van der Waals surface area contributed by atoms with E-state index >= 15 is 0 Å². The van der Waals surface area contributed by atoms with Crippen molar-refractivity contribution in [1.82, 2.24) is 14.7 Å². The molecule has 7 nitrogen and oxygen atoms in total. The number of aromatic nitrogens is 2. The maximum Gasteiger partial charge on any atom is 0.240 e. The summed E-state index contributed by atoms with van der Waals surface area (Å²) in [5.41, 5.74) is 0.810. The van der Waals surface area contributed by atoms with Crippen molar-refractivity contribution in [1.29, 1.82) is 0 Å². The number of nitrogens with zero attached hydrogens (tertiary/aromatic N) is 3. The van der Waals surface area contributed by atoms with Gasteiger partial charge in [-0.2, -0.15) is 4.98 Å². The Balaban J connectivity index is 1.58. The smallest absolute Gasteiger partial charge is 0.240 e. The number of halogens is 2. The SMILES string of the molecule is Cc1cc(N2CCCC2)nc(NCCNS(=O)(=O)c2cc(F)cc(F)c2)n1. The van der Waals surface area contributed by atoms with E-state index in [1.165, 1.54) is 0 Å². The van der Waals surface area contributed by atoms with Gasteiger partial charge in [-0.05, 0) is 31.9 Å². The van der Waals surface area contributed by atoms with Gasteiger partial charge in [0.2, 0.25) is 16.0 Å². The third kappa shape index (κ3) is 5.10. The molecule has 2 heterocycles. The van der Waals surface area contributed by atoms with Crippen LogP contribution in [0.1, 0.15) is 18.5 Å². The maximum atomic E-state index is 13.2. The summed E-state index contributed by atoms with van der Waals surface area (Å²) in [6, 6.07) is 4.07. The minimum atomic E-state index is -4.01. The molecule has 0 unspecified atom stereocenters. The summed E-state index contributed by atoms with van der Waals surface area (Å²) >= 11 is 0. The first-order valence-corrected chi connectivity index (χ1v) is 10.1. The van der Waals surface area contributed by atoms with Gasteiger partial charge in [-0.25, -0.2) is 26.9 Å². The van der Waals surface area contributed by atoms with Gasteiger partial charge in [0.1, 0.15) is 17.5 Å². The largest absolute Gasteiger partial charge is 0.356 e. The normalized spacial score (nSPS) is 14.6. The van der Waals surface area contributed by atoms with Crippen molar-refractivity contribution in [3.63, 3.8) is 0 Å². The lowest BCUT2D eigenvalue weighted by Gasteiger charge is -2.17. The zero-order valence-corrected chi connectivity index (χ0v) is 15.7. The number of sulfonamides is 1. The molecule has 0 aliphatic carbocycles. The average Bonchev–Trinajstić information content (AvgIpc) is 3.12. The summed E-state index contributed by atoms with van der Waals surface area (Å²) in [4.78, 5) is 10.5. The van der Waals surface area contributed by atoms with Crippen LogP contribution in [0.3, 0.4) is 0 Å². The Bertz CT molecular complexity index is 897. The maximum absolute atomic E-state index is 13.2. The van der Waals surface area contributed by atoms with E-state index in [1.54, 1.807) is 0 Å². The predicted octanol–water partition coefficient (Wildman–Crippen LogP) is 2.05. The van der Waals surface area contributed by atoms with Gasteiger partial charge in [0.25, 0.3) is 0 Å². The van der Waals surface area contributed by atoms with E-state index in [0.717, 1.165) is 49.6 Å². The molecule has 27 heavy (non-hydrogen) atoms. The Morgan fingerprint density at radius 2 is 1.70 bits per heavy atom. The van der Waals surface area contributed by atoms with Gasteiger partial charge < -0.3 is 10.2 Å². The molecular formula is C17H21F2N5O2S. The summed E-state index contributed by atoms with van der Waals surface area (Å²) in [7, 11) is -4.01. The number of nitrogens with one attached hydrogen (secondary N) is 2. The van der Waals surface area contributed by atoms with Crippen molar-refractivity contribution in [2.45, 2.75) is 24.7 Å². The third-order valence-electron chi connectivity index (χ3n) is 4.12. The molecule has 10 heteroatoms. The molecule has 1 aromatic heterocycles. The fourth-order valence-electron chi connectivity index (χ4n) is 2.87. The highest BCUT2D eigenvalue weighted by Crippen LogP contribution is 2.19. The van der Waals surface area contributed by atoms with Gasteiger partial charge in [-0.1, -0.05) is 0 Å². The van der Waals surface area contributed by atoms with E-state index in [9.17, 15) is 17.2 Å². The molecule has 0 bridgehead atoms. The zero-order chi connectivity index (χ0) is 19.4. The fourth-order valence-corrected chi connectivity index (χ4v) is 3.94. The molecule has 1 fully saturated rings. The quantitative estimate of drug-likeness (QED) is 0.696. The van der Waals surface area contributed by atoms with Crippen molar-refractivity contribution in [3.05, 3.63) is 41.6 Å². The van der Waals surface area contributed by atoms with Crippen molar-refractivity contribution in [2.75, 3.05) is 36.4 Å². The number of hydrogen-bond donors (Lipinski definition) is 2. The summed E-state index contributed by atoms with van der Waals surface area (Å²) < 4.78 is 52.9. The third-order valence-corrected chi connectivity index (χ3v) is 5.56. The molecule has 1 aliphatic heterocycles. The van der Waals surface area contributed by atoms with Gasteiger partial charge in [-0.3, -0.25) is 0 Å². The Morgan fingerprint density at radius 1 is 1.04 bits per heavy atom. The Kier molecular flexibility index (Phi) is 5.85. The van der Waals surface area contributed by atoms with E-state index < -0.39 is 26.6 Å². The van der Waals surface area contributed by atoms with Crippen LogP contribution in [0, 0.1) is 18.6 Å². The second-order valence-corrected chi connectivity index (χ2v) is 8.08. The highest BCUT2D eigenvalue weighted by molar-refractivity contribution is 7.89. The predicted molar refractivity (Wildman–Crippen MR) is 98.3 cm³/mol. The van der Waals surface area contributed by atoms with Gasteiger partial charge in [0.05, 0.1) is 4.90 Å². The molecule has 0 spiro atoms. The molecule has 0 radical (unpaired) electrons. The van der Waals surface area contributed by atoms with Crippen LogP contribution >= 0.6 is 0 Å². The Labute approximate surface area is 156 Å². The second-order valence-electron chi connectivity index (χ2n) is 6.31. The lowest BCUT2D eigenvalue weighted by molar-refractivity contribution is 0.562. The number of hydrogen-bond acceptors (Lipinski definition) is 6. The van der Waals surface area contributed by atoms with Crippen LogP contribution in [0.2, 0.25) is 0 Å². The van der Waals surface area contributed by atoms with Crippen LogP contribution in [0.25, 0.3) is 0 Å². The minimum absolute atomic E-state index is 0.0107. The first kappa shape index (κ1) is 19.4. The van der Waals surface area contributed by atoms with Crippen LogP contribution < -0.4 is 14.9 Å². The first-order valence-electron chi connectivity index (χ1n) is 8.64. The molecule has 0 saturated carbocycles. The number of benzene rings is 1. The molecule has 0 atom stereocenters. The van der Waals surface area contributed by atoms with Crippen molar-refractivity contribution < 1.29 is 17.2 Å². The molecule has 0 amide bonds. The van der Waals surface area contributed by atoms with E-state index in [-0.39, 0.29) is 13.1 Å². The van der Waals surface area contributed by atoms with Crippen LogP contribution in [0.4, 0.5) is 20.5 Å². The molecule has 2 N–H and O–H groups in total. The van der Waals surface area contributed by atoms with Crippen LogP contribution in [-0.2, 0) is 10.0 Å². The van der Waals surface area contributed by atoms with Crippen molar-refractivity contribution in [2.24, 2.45) is 0 Å². The molecule has 1 saturated heterocycles. The summed E-state index contributed by atoms with van der Waals surface area (Å²) in [6.07, 6.45) is 2.27. The van der Waals surface area contributed by atoms with E-state index in [0.29, 0.717) is 12.0 Å². The number of aryl methyl sites for hydroxylation is 1. The summed E-state index contributed by atoms with van der Waals surface area (Å²) in [5.74, 6) is -0.640. The Hall–Kier alpha value is -2.33. The second kappa shape index (κ2) is 8.13. The molecule has 146 valence electrons. The topological polar surface area (TPSA) is 87.2 Å². The zero-order valence-electron chi connectivity index (χ0n) is 14.9. The fraction of sp³-hybridized carbons (Fsp3) is 0.412. The van der Waals surface area contributed by atoms with Gasteiger partial charge in [-0.15, -0.1) is 0 Å². The van der Waals surface area contributed by atoms with E-state index in [1.807, 2.05) is 13.0 Å². The molecule has 1 aromatic carbocycles. The molecular weight excluding hydrogens is 376 g/mol. The summed E-state index contributed by atoms with van der Waals surface area (Å²) in [6.45, 7) is 4.02. The lowest BCUT2D eigenvalue weighted by atomic mass is 10.3. The van der Waals surface area contributed by atoms with Crippen LogP contribution in [-0.4, -0.2) is 44.6 Å². The van der Waals surface area contributed by atoms with Gasteiger partial charge in [0, 0.05) is 44.0 Å². The van der Waals surface area contributed by atoms with Crippen molar-refractivity contribution in [3.8, 4) is 0 Å². The van der Waals surface area contributed by atoms with Gasteiger partial charge in [0.15, 0.2) is 0 Å². The van der Waals surface area contributed by atoms with Crippen molar-refractivity contribution >= 4 is 21.8 Å². The summed E-state index contributed by atoms with van der Waals surface area (Å²) in [5, 5.41) is 2.97.